The van der Waals surface area contributed by atoms with E-state index in [-0.39, 0.29) is 23.6 Å². The SMILES string of the molecule is Cc1nc(C(=O)NC(C)c2ccc(N3CCOCC3)cc2)nn1-c1ccc(F)cc1. The monoisotopic (exact) mass is 409 g/mol. The minimum absolute atomic E-state index is 0.0774. The zero-order valence-electron chi connectivity index (χ0n) is 17.0. The van der Waals surface area contributed by atoms with Gasteiger partial charge in [-0.25, -0.2) is 14.1 Å². The fourth-order valence-electron chi connectivity index (χ4n) is 3.45. The number of carbonyl (C=O) groups is 1. The maximum atomic E-state index is 13.2. The number of hydrogen-bond acceptors (Lipinski definition) is 5. The zero-order valence-corrected chi connectivity index (χ0v) is 17.0. The van der Waals surface area contributed by atoms with Crippen LogP contribution in [0.2, 0.25) is 0 Å². The molecule has 8 heteroatoms. The summed E-state index contributed by atoms with van der Waals surface area (Å²) in [6.07, 6.45) is 0. The lowest BCUT2D eigenvalue weighted by molar-refractivity contribution is 0.0929. The number of nitrogens with one attached hydrogen (secondary N) is 1. The average Bonchev–Trinajstić information content (AvgIpc) is 3.17. The molecule has 156 valence electrons. The first-order chi connectivity index (χ1) is 14.5. The van der Waals surface area contributed by atoms with Gasteiger partial charge >= 0.3 is 0 Å². The van der Waals surface area contributed by atoms with Gasteiger partial charge in [-0.15, -0.1) is 5.10 Å². The molecule has 1 aliphatic rings. The fraction of sp³-hybridized carbons (Fsp3) is 0.318. The van der Waals surface area contributed by atoms with E-state index in [0.29, 0.717) is 11.5 Å². The van der Waals surface area contributed by atoms with Crippen molar-refractivity contribution in [1.82, 2.24) is 20.1 Å². The third-order valence-electron chi connectivity index (χ3n) is 5.16. The highest BCUT2D eigenvalue weighted by Crippen LogP contribution is 2.20. The summed E-state index contributed by atoms with van der Waals surface area (Å²) in [4.78, 5) is 19.2. The number of anilines is 1. The first-order valence-corrected chi connectivity index (χ1v) is 9.94. The summed E-state index contributed by atoms with van der Waals surface area (Å²) >= 11 is 0. The van der Waals surface area contributed by atoms with Gasteiger partial charge in [0.05, 0.1) is 24.9 Å². The van der Waals surface area contributed by atoms with Gasteiger partial charge in [-0.3, -0.25) is 4.79 Å². The number of amides is 1. The molecule has 1 amide bonds. The number of benzene rings is 2. The third-order valence-corrected chi connectivity index (χ3v) is 5.16. The van der Waals surface area contributed by atoms with E-state index >= 15 is 0 Å². The zero-order chi connectivity index (χ0) is 21.1. The Bertz CT molecular complexity index is 1010. The van der Waals surface area contributed by atoms with Crippen LogP contribution in [-0.2, 0) is 4.74 Å². The van der Waals surface area contributed by atoms with Crippen molar-refractivity contribution in [3.8, 4) is 5.69 Å². The van der Waals surface area contributed by atoms with Crippen LogP contribution in [0.1, 0.15) is 35.0 Å². The highest BCUT2D eigenvalue weighted by atomic mass is 19.1. The molecule has 0 radical (unpaired) electrons. The van der Waals surface area contributed by atoms with Crippen LogP contribution in [-0.4, -0.2) is 47.0 Å². The second-order valence-electron chi connectivity index (χ2n) is 7.26. The number of rotatable bonds is 5. The minimum atomic E-state index is -0.358. The Morgan fingerprint density at radius 3 is 2.37 bits per heavy atom. The van der Waals surface area contributed by atoms with Gasteiger partial charge in [-0.1, -0.05) is 12.1 Å². The van der Waals surface area contributed by atoms with Gasteiger partial charge in [-0.05, 0) is 55.8 Å². The molecule has 0 saturated carbocycles. The first-order valence-electron chi connectivity index (χ1n) is 9.94. The molecule has 4 rings (SSSR count). The van der Waals surface area contributed by atoms with Gasteiger partial charge in [0.1, 0.15) is 11.6 Å². The van der Waals surface area contributed by atoms with E-state index in [4.69, 9.17) is 4.74 Å². The molecule has 3 aromatic rings. The van der Waals surface area contributed by atoms with Crippen LogP contribution < -0.4 is 10.2 Å². The highest BCUT2D eigenvalue weighted by Gasteiger charge is 2.18. The summed E-state index contributed by atoms with van der Waals surface area (Å²) in [6, 6.07) is 13.8. The summed E-state index contributed by atoms with van der Waals surface area (Å²) in [7, 11) is 0. The van der Waals surface area contributed by atoms with Crippen molar-refractivity contribution in [2.45, 2.75) is 19.9 Å². The molecule has 1 atom stereocenters. The quantitative estimate of drug-likeness (QED) is 0.701. The lowest BCUT2D eigenvalue weighted by atomic mass is 10.1. The standard InChI is InChI=1S/C22H24FN5O2/c1-15(17-3-7-19(8-4-17)27-11-13-30-14-12-27)24-22(29)21-25-16(2)28(26-21)20-9-5-18(23)6-10-20/h3-10,15H,11-14H2,1-2H3,(H,24,29). The van der Waals surface area contributed by atoms with Gasteiger partial charge in [0.15, 0.2) is 0 Å². The van der Waals surface area contributed by atoms with Crippen molar-refractivity contribution in [2.75, 3.05) is 31.2 Å². The van der Waals surface area contributed by atoms with Crippen molar-refractivity contribution in [3.05, 3.63) is 71.6 Å². The molecule has 0 bridgehead atoms. The van der Waals surface area contributed by atoms with Crippen molar-refractivity contribution in [3.63, 3.8) is 0 Å². The molecule has 1 fully saturated rings. The number of halogens is 1. The Kier molecular flexibility index (Phi) is 5.76. The number of ether oxygens (including phenoxy) is 1. The van der Waals surface area contributed by atoms with Crippen molar-refractivity contribution in [2.24, 2.45) is 0 Å². The van der Waals surface area contributed by atoms with Crippen LogP contribution >= 0.6 is 0 Å². The molecule has 0 spiro atoms. The van der Waals surface area contributed by atoms with Crippen LogP contribution in [0.15, 0.2) is 48.5 Å². The third kappa shape index (κ3) is 4.33. The number of hydrogen-bond donors (Lipinski definition) is 1. The highest BCUT2D eigenvalue weighted by molar-refractivity contribution is 5.90. The molecule has 1 aromatic heterocycles. The first kappa shape index (κ1) is 20.0. The van der Waals surface area contributed by atoms with E-state index in [1.165, 1.54) is 16.8 Å². The normalized spacial score (nSPS) is 15.1. The lowest BCUT2D eigenvalue weighted by Gasteiger charge is -2.29. The largest absolute Gasteiger partial charge is 0.378 e. The van der Waals surface area contributed by atoms with Crippen molar-refractivity contribution in [1.29, 1.82) is 0 Å². The van der Waals surface area contributed by atoms with Crippen LogP contribution in [0.3, 0.4) is 0 Å². The van der Waals surface area contributed by atoms with Crippen LogP contribution in [0.25, 0.3) is 5.69 Å². The predicted molar refractivity (Wildman–Crippen MR) is 111 cm³/mol. The van der Waals surface area contributed by atoms with Crippen LogP contribution in [0.4, 0.5) is 10.1 Å². The Balaban J connectivity index is 1.43. The molecule has 1 unspecified atom stereocenters. The van der Waals surface area contributed by atoms with E-state index < -0.39 is 0 Å². The summed E-state index contributed by atoms with van der Waals surface area (Å²) in [5.74, 6) is -0.0606. The Morgan fingerprint density at radius 2 is 1.70 bits per heavy atom. The molecular weight excluding hydrogens is 385 g/mol. The number of aromatic nitrogens is 3. The molecule has 1 N–H and O–H groups in total. The Hall–Kier alpha value is -3.26. The summed E-state index contributed by atoms with van der Waals surface area (Å²) in [5.41, 5.74) is 2.79. The van der Waals surface area contributed by atoms with Gasteiger partial charge in [0.25, 0.3) is 5.91 Å². The van der Waals surface area contributed by atoms with Crippen molar-refractivity contribution >= 4 is 11.6 Å². The van der Waals surface area contributed by atoms with E-state index in [1.54, 1.807) is 19.1 Å². The van der Waals surface area contributed by atoms with E-state index in [9.17, 15) is 9.18 Å². The Morgan fingerprint density at radius 1 is 1.07 bits per heavy atom. The molecule has 1 saturated heterocycles. The van der Waals surface area contributed by atoms with E-state index in [0.717, 1.165) is 37.6 Å². The molecule has 0 aliphatic carbocycles. The summed E-state index contributed by atoms with van der Waals surface area (Å²) < 4.78 is 20.1. The number of aryl methyl sites for hydroxylation is 1. The second kappa shape index (κ2) is 8.62. The Labute approximate surface area is 174 Å². The van der Waals surface area contributed by atoms with Crippen LogP contribution in [0.5, 0.6) is 0 Å². The van der Waals surface area contributed by atoms with Gasteiger partial charge in [0, 0.05) is 18.8 Å². The number of carbonyl (C=O) groups excluding carboxylic acids is 1. The number of nitrogens with zero attached hydrogens (tertiary/aromatic N) is 4. The summed E-state index contributed by atoms with van der Waals surface area (Å²) in [5, 5.41) is 7.23. The molecular formula is C22H24FN5O2. The average molecular weight is 409 g/mol. The fourth-order valence-corrected chi connectivity index (χ4v) is 3.45. The molecule has 7 nitrogen and oxygen atoms in total. The second-order valence-corrected chi connectivity index (χ2v) is 7.26. The predicted octanol–water partition coefficient (Wildman–Crippen LogP) is 3.04. The maximum absolute atomic E-state index is 13.2. The smallest absolute Gasteiger partial charge is 0.291 e. The van der Waals surface area contributed by atoms with Gasteiger partial charge in [-0.2, -0.15) is 0 Å². The molecule has 2 aromatic carbocycles. The van der Waals surface area contributed by atoms with Crippen molar-refractivity contribution < 1.29 is 13.9 Å². The minimum Gasteiger partial charge on any atom is -0.378 e. The van der Waals surface area contributed by atoms with Gasteiger partial charge in [0.2, 0.25) is 5.82 Å². The van der Waals surface area contributed by atoms with E-state index in [2.05, 4.69) is 32.4 Å². The number of morpholine rings is 1. The molecule has 2 heterocycles. The molecule has 30 heavy (non-hydrogen) atoms. The maximum Gasteiger partial charge on any atom is 0.291 e. The van der Waals surface area contributed by atoms with Gasteiger partial charge < -0.3 is 15.0 Å². The lowest BCUT2D eigenvalue weighted by Crippen LogP contribution is -2.36. The molecule has 1 aliphatic heterocycles. The summed E-state index contributed by atoms with van der Waals surface area (Å²) in [6.45, 7) is 6.92. The van der Waals surface area contributed by atoms with E-state index in [1.807, 2.05) is 19.1 Å². The van der Waals surface area contributed by atoms with Crippen LogP contribution in [0, 0.1) is 12.7 Å². The topological polar surface area (TPSA) is 72.3 Å².